The Balaban J connectivity index is 2.03. The van der Waals surface area contributed by atoms with Crippen LogP contribution in [0.2, 0.25) is 10.2 Å². The second kappa shape index (κ2) is 7.25. The van der Waals surface area contributed by atoms with E-state index in [-0.39, 0.29) is 6.42 Å². The molecule has 7 heteroatoms. The number of halogens is 2. The van der Waals surface area contributed by atoms with Crippen LogP contribution in [0.4, 0.5) is 0 Å². The van der Waals surface area contributed by atoms with Crippen LogP contribution in [0.1, 0.15) is 31.7 Å². The van der Waals surface area contributed by atoms with Gasteiger partial charge >= 0.3 is 5.97 Å². The minimum Gasteiger partial charge on any atom is -0.481 e. The minimum atomic E-state index is -0.823. The summed E-state index contributed by atoms with van der Waals surface area (Å²) in [5, 5.41) is 10.2. The normalized spacial score (nSPS) is 11.8. The highest BCUT2D eigenvalue weighted by Gasteiger charge is 2.26. The predicted molar refractivity (Wildman–Crippen MR) is 103 cm³/mol. The van der Waals surface area contributed by atoms with Crippen molar-refractivity contribution in [3.63, 3.8) is 0 Å². The van der Waals surface area contributed by atoms with Gasteiger partial charge in [-0.2, -0.15) is 0 Å². The Morgan fingerprint density at radius 3 is 2.46 bits per heavy atom. The van der Waals surface area contributed by atoms with Crippen molar-refractivity contribution in [3.8, 4) is 0 Å². The number of hydrogen-bond donors (Lipinski definition) is 1. The van der Waals surface area contributed by atoms with Gasteiger partial charge in [0.1, 0.15) is 11.0 Å². The molecule has 0 bridgehead atoms. The first-order valence-corrected chi connectivity index (χ1v) is 8.97. The second-order valence-electron chi connectivity index (χ2n) is 7.13. The molecule has 0 unspecified atom stereocenters. The SMILES string of the molecule is CC(C)(CC(=O)O)Cc1nc2nc(Cl)ccc2n1Cc1ccc(Cl)cc1. The summed E-state index contributed by atoms with van der Waals surface area (Å²) < 4.78 is 2.06. The monoisotopic (exact) mass is 391 g/mol. The maximum atomic E-state index is 11.2. The zero-order valence-electron chi connectivity index (χ0n) is 14.5. The first kappa shape index (κ1) is 18.7. The summed E-state index contributed by atoms with van der Waals surface area (Å²) in [5.74, 6) is -0.0347. The van der Waals surface area contributed by atoms with Crippen molar-refractivity contribution in [3.05, 3.63) is 58.0 Å². The average Bonchev–Trinajstić information content (AvgIpc) is 2.84. The highest BCUT2D eigenvalue weighted by Crippen LogP contribution is 2.28. The van der Waals surface area contributed by atoms with E-state index in [1.54, 1.807) is 6.07 Å². The summed E-state index contributed by atoms with van der Waals surface area (Å²) in [5.41, 5.74) is 2.06. The lowest BCUT2D eigenvalue weighted by Crippen LogP contribution is -2.22. The van der Waals surface area contributed by atoms with Gasteiger partial charge in [-0.15, -0.1) is 0 Å². The molecule has 2 aromatic heterocycles. The summed E-state index contributed by atoms with van der Waals surface area (Å²) in [6.07, 6.45) is 0.576. The number of benzene rings is 1. The molecule has 0 spiro atoms. The van der Waals surface area contributed by atoms with Gasteiger partial charge in [0.05, 0.1) is 11.9 Å². The van der Waals surface area contributed by atoms with E-state index in [0.717, 1.165) is 16.9 Å². The molecule has 0 amide bonds. The lowest BCUT2D eigenvalue weighted by Gasteiger charge is -2.22. The zero-order chi connectivity index (χ0) is 18.9. The number of nitrogens with zero attached hydrogens (tertiary/aromatic N) is 3. The molecule has 0 aliphatic rings. The third-order valence-corrected chi connectivity index (χ3v) is 4.64. The fourth-order valence-electron chi connectivity index (χ4n) is 3.02. The molecule has 0 radical (unpaired) electrons. The molecule has 1 N–H and O–H groups in total. The van der Waals surface area contributed by atoms with Gasteiger partial charge in [0, 0.05) is 18.0 Å². The fraction of sp³-hybridized carbons (Fsp3) is 0.316. The smallest absolute Gasteiger partial charge is 0.303 e. The molecule has 0 saturated carbocycles. The number of fused-ring (bicyclic) bond motifs is 1. The minimum absolute atomic E-state index is 0.0608. The fourth-order valence-corrected chi connectivity index (χ4v) is 3.29. The molecular formula is C19H19Cl2N3O2. The van der Waals surface area contributed by atoms with Crippen LogP contribution >= 0.6 is 23.2 Å². The van der Waals surface area contributed by atoms with Crippen LogP contribution in [-0.2, 0) is 17.8 Å². The molecule has 0 fully saturated rings. The lowest BCUT2D eigenvalue weighted by molar-refractivity contribution is -0.139. The maximum absolute atomic E-state index is 11.2. The number of hydrogen-bond acceptors (Lipinski definition) is 3. The van der Waals surface area contributed by atoms with Crippen molar-refractivity contribution in [2.24, 2.45) is 5.41 Å². The van der Waals surface area contributed by atoms with Crippen LogP contribution in [0.25, 0.3) is 11.2 Å². The molecule has 3 aromatic rings. The largest absolute Gasteiger partial charge is 0.481 e. The molecule has 2 heterocycles. The van der Waals surface area contributed by atoms with Crippen LogP contribution in [-0.4, -0.2) is 25.6 Å². The first-order valence-electron chi connectivity index (χ1n) is 8.21. The average molecular weight is 392 g/mol. The summed E-state index contributed by atoms with van der Waals surface area (Å²) in [7, 11) is 0. The van der Waals surface area contributed by atoms with Gasteiger partial charge in [-0.3, -0.25) is 4.79 Å². The van der Waals surface area contributed by atoms with E-state index in [1.807, 2.05) is 44.2 Å². The van der Waals surface area contributed by atoms with Gasteiger partial charge in [0.25, 0.3) is 0 Å². The van der Waals surface area contributed by atoms with E-state index in [0.29, 0.717) is 28.8 Å². The highest BCUT2D eigenvalue weighted by molar-refractivity contribution is 6.30. The molecule has 0 aliphatic heterocycles. The van der Waals surface area contributed by atoms with Gasteiger partial charge < -0.3 is 9.67 Å². The Morgan fingerprint density at radius 2 is 1.81 bits per heavy atom. The number of pyridine rings is 1. The van der Waals surface area contributed by atoms with Gasteiger partial charge in [-0.25, -0.2) is 9.97 Å². The number of carboxylic acid groups (broad SMARTS) is 1. The van der Waals surface area contributed by atoms with Crippen molar-refractivity contribution in [1.29, 1.82) is 0 Å². The lowest BCUT2D eigenvalue weighted by atomic mass is 9.85. The number of carbonyl (C=O) groups is 1. The Kier molecular flexibility index (Phi) is 5.21. The molecular weight excluding hydrogens is 373 g/mol. The molecule has 26 heavy (non-hydrogen) atoms. The number of aliphatic carboxylic acids is 1. The van der Waals surface area contributed by atoms with Crippen molar-refractivity contribution < 1.29 is 9.90 Å². The predicted octanol–water partition coefficient (Wildman–Crippen LogP) is 4.83. The molecule has 0 aliphatic carbocycles. The first-order chi connectivity index (χ1) is 12.2. The number of rotatable bonds is 6. The van der Waals surface area contributed by atoms with E-state index < -0.39 is 11.4 Å². The molecule has 0 atom stereocenters. The van der Waals surface area contributed by atoms with Crippen molar-refractivity contribution in [2.75, 3.05) is 0 Å². The van der Waals surface area contributed by atoms with Crippen molar-refractivity contribution >= 4 is 40.3 Å². The van der Waals surface area contributed by atoms with Crippen LogP contribution in [0, 0.1) is 5.41 Å². The van der Waals surface area contributed by atoms with Crippen LogP contribution in [0.15, 0.2) is 36.4 Å². The van der Waals surface area contributed by atoms with Crippen LogP contribution in [0.3, 0.4) is 0 Å². The molecule has 0 saturated heterocycles. The van der Waals surface area contributed by atoms with Crippen LogP contribution in [0.5, 0.6) is 0 Å². The number of aromatic nitrogens is 3. The molecule has 5 nitrogen and oxygen atoms in total. The van der Waals surface area contributed by atoms with E-state index in [1.165, 1.54) is 0 Å². The molecule has 1 aromatic carbocycles. The molecule has 136 valence electrons. The summed E-state index contributed by atoms with van der Waals surface area (Å²) in [6, 6.07) is 11.2. The van der Waals surface area contributed by atoms with Gasteiger partial charge in [0.15, 0.2) is 5.65 Å². The van der Waals surface area contributed by atoms with Gasteiger partial charge in [0.2, 0.25) is 0 Å². The topological polar surface area (TPSA) is 68.0 Å². The van der Waals surface area contributed by atoms with E-state index >= 15 is 0 Å². The second-order valence-corrected chi connectivity index (χ2v) is 7.95. The van der Waals surface area contributed by atoms with Crippen LogP contribution < -0.4 is 0 Å². The molecule has 3 rings (SSSR count). The van der Waals surface area contributed by atoms with E-state index in [4.69, 9.17) is 28.3 Å². The summed E-state index contributed by atoms with van der Waals surface area (Å²) in [4.78, 5) is 20.1. The number of imidazole rings is 1. The quantitative estimate of drug-likeness (QED) is 0.610. The third kappa shape index (κ3) is 4.34. The third-order valence-electron chi connectivity index (χ3n) is 4.18. The number of carboxylic acids is 1. The Morgan fingerprint density at radius 1 is 1.12 bits per heavy atom. The standard InChI is InChI=1S/C19H19Cl2N3O2/c1-19(2,10-17(25)26)9-16-23-18-14(7-8-15(21)22-18)24(16)11-12-3-5-13(20)6-4-12/h3-8H,9-11H2,1-2H3,(H,25,26). The summed E-state index contributed by atoms with van der Waals surface area (Å²) >= 11 is 12.0. The van der Waals surface area contributed by atoms with Gasteiger partial charge in [-0.1, -0.05) is 49.2 Å². The van der Waals surface area contributed by atoms with Gasteiger partial charge in [-0.05, 0) is 35.2 Å². The zero-order valence-corrected chi connectivity index (χ0v) is 16.1. The Labute approximate surface area is 161 Å². The Bertz CT molecular complexity index is 949. The van der Waals surface area contributed by atoms with E-state index in [2.05, 4.69) is 14.5 Å². The maximum Gasteiger partial charge on any atom is 0.303 e. The van der Waals surface area contributed by atoms with Crippen molar-refractivity contribution in [2.45, 2.75) is 33.2 Å². The summed E-state index contributed by atoms with van der Waals surface area (Å²) in [6.45, 7) is 4.44. The highest BCUT2D eigenvalue weighted by atomic mass is 35.5. The van der Waals surface area contributed by atoms with Crippen molar-refractivity contribution in [1.82, 2.24) is 14.5 Å². The van der Waals surface area contributed by atoms with E-state index in [9.17, 15) is 4.79 Å². The Hall–Kier alpha value is -2.11.